The fourth-order valence-corrected chi connectivity index (χ4v) is 1.53. The van der Waals surface area contributed by atoms with Crippen LogP contribution in [0.25, 0.3) is 10.9 Å². The zero-order chi connectivity index (χ0) is 9.26. The van der Waals surface area contributed by atoms with E-state index in [1.54, 1.807) is 0 Å². The van der Waals surface area contributed by atoms with Gasteiger partial charge in [0.25, 0.3) is 0 Å². The molecule has 0 aliphatic carbocycles. The highest BCUT2D eigenvalue weighted by molar-refractivity contribution is 5.84. The lowest BCUT2D eigenvalue weighted by atomic mass is 10.1. The monoisotopic (exact) mass is 173 g/mol. The van der Waals surface area contributed by atoms with Crippen LogP contribution in [0.2, 0.25) is 0 Å². The van der Waals surface area contributed by atoms with Gasteiger partial charge in [-0.1, -0.05) is 6.07 Å². The molecule has 1 N–H and O–H groups in total. The van der Waals surface area contributed by atoms with E-state index in [9.17, 15) is 4.79 Å². The van der Waals surface area contributed by atoms with Crippen molar-refractivity contribution in [3.63, 3.8) is 0 Å². The maximum absolute atomic E-state index is 10.3. The molecule has 2 rings (SSSR count). The minimum Gasteiger partial charge on any atom is -0.361 e. The second-order valence-electron chi connectivity index (χ2n) is 3.22. The highest BCUT2D eigenvalue weighted by atomic mass is 16.1. The molecular formula is C11H11NO. The highest BCUT2D eigenvalue weighted by Gasteiger charge is 1.99. The molecule has 66 valence electrons. The first kappa shape index (κ1) is 8.05. The molecule has 0 aliphatic rings. The number of fused-ring (bicyclic) bond motifs is 1. The van der Waals surface area contributed by atoms with Crippen LogP contribution in [0.5, 0.6) is 0 Å². The van der Waals surface area contributed by atoms with Crippen molar-refractivity contribution in [1.29, 1.82) is 0 Å². The van der Waals surface area contributed by atoms with Crippen LogP contribution in [0, 0.1) is 6.92 Å². The Labute approximate surface area is 76.6 Å². The van der Waals surface area contributed by atoms with Crippen LogP contribution >= 0.6 is 0 Å². The molecule has 0 unspecified atom stereocenters. The predicted molar refractivity (Wildman–Crippen MR) is 52.8 cm³/mol. The Kier molecular flexibility index (Phi) is 1.89. The molecule has 0 bridgehead atoms. The van der Waals surface area contributed by atoms with Crippen molar-refractivity contribution in [2.45, 2.75) is 13.3 Å². The van der Waals surface area contributed by atoms with Crippen molar-refractivity contribution in [2.75, 3.05) is 0 Å². The lowest BCUT2D eigenvalue weighted by Crippen LogP contribution is -1.84. The van der Waals surface area contributed by atoms with E-state index in [1.807, 2.05) is 18.3 Å². The van der Waals surface area contributed by atoms with E-state index >= 15 is 0 Å². The third-order valence-corrected chi connectivity index (χ3v) is 2.27. The summed E-state index contributed by atoms with van der Waals surface area (Å²) in [6, 6.07) is 6.06. The first-order chi connectivity index (χ1) is 6.31. The van der Waals surface area contributed by atoms with Crippen molar-refractivity contribution in [2.24, 2.45) is 0 Å². The Balaban J connectivity index is 2.58. The lowest BCUT2D eigenvalue weighted by Gasteiger charge is -1.96. The van der Waals surface area contributed by atoms with Gasteiger partial charge in [0.1, 0.15) is 6.29 Å². The van der Waals surface area contributed by atoms with Gasteiger partial charge < -0.3 is 9.78 Å². The quantitative estimate of drug-likeness (QED) is 0.694. The lowest BCUT2D eigenvalue weighted by molar-refractivity contribution is -0.107. The number of aromatic nitrogens is 1. The van der Waals surface area contributed by atoms with Crippen LogP contribution < -0.4 is 0 Å². The summed E-state index contributed by atoms with van der Waals surface area (Å²) < 4.78 is 0. The molecule has 0 saturated heterocycles. The summed E-state index contributed by atoms with van der Waals surface area (Å²) in [4.78, 5) is 13.5. The zero-order valence-corrected chi connectivity index (χ0v) is 7.50. The highest BCUT2D eigenvalue weighted by Crippen LogP contribution is 2.18. The smallest absolute Gasteiger partial charge is 0.124 e. The summed E-state index contributed by atoms with van der Waals surface area (Å²) in [5.74, 6) is 0. The van der Waals surface area contributed by atoms with Crippen LogP contribution in [0.3, 0.4) is 0 Å². The van der Waals surface area contributed by atoms with E-state index in [0.717, 1.165) is 17.4 Å². The van der Waals surface area contributed by atoms with Gasteiger partial charge in [0, 0.05) is 23.5 Å². The van der Waals surface area contributed by atoms with Crippen LogP contribution in [0.15, 0.2) is 24.4 Å². The van der Waals surface area contributed by atoms with Gasteiger partial charge in [0.2, 0.25) is 0 Å². The van der Waals surface area contributed by atoms with E-state index in [-0.39, 0.29) is 0 Å². The van der Waals surface area contributed by atoms with Crippen LogP contribution in [-0.2, 0) is 11.2 Å². The molecule has 2 aromatic rings. The number of H-pyrrole nitrogens is 1. The van der Waals surface area contributed by atoms with E-state index in [0.29, 0.717) is 6.42 Å². The van der Waals surface area contributed by atoms with E-state index < -0.39 is 0 Å². The Morgan fingerprint density at radius 2 is 2.31 bits per heavy atom. The number of benzene rings is 1. The minimum absolute atomic E-state index is 0.501. The Hall–Kier alpha value is -1.57. The maximum Gasteiger partial charge on any atom is 0.124 e. The number of rotatable bonds is 2. The Bertz CT molecular complexity index is 442. The molecule has 0 saturated carbocycles. The van der Waals surface area contributed by atoms with Crippen LogP contribution in [0.4, 0.5) is 0 Å². The summed E-state index contributed by atoms with van der Waals surface area (Å²) in [5, 5.41) is 1.21. The first-order valence-corrected chi connectivity index (χ1v) is 4.31. The molecule has 2 nitrogen and oxygen atoms in total. The number of aldehydes is 1. The van der Waals surface area contributed by atoms with Crippen molar-refractivity contribution in [3.05, 3.63) is 35.5 Å². The van der Waals surface area contributed by atoms with Crippen LogP contribution in [-0.4, -0.2) is 11.3 Å². The number of hydrogen-bond acceptors (Lipinski definition) is 1. The minimum atomic E-state index is 0.501. The SMILES string of the molecule is Cc1c[nH]c2ccc(CC=O)cc12. The van der Waals surface area contributed by atoms with E-state index in [1.165, 1.54) is 10.9 Å². The maximum atomic E-state index is 10.3. The molecule has 0 amide bonds. The number of carbonyl (C=O) groups is 1. The second kappa shape index (κ2) is 3.05. The van der Waals surface area contributed by atoms with Gasteiger partial charge in [-0.2, -0.15) is 0 Å². The third kappa shape index (κ3) is 1.35. The van der Waals surface area contributed by atoms with Crippen molar-refractivity contribution < 1.29 is 4.79 Å². The van der Waals surface area contributed by atoms with Gasteiger partial charge in [0.15, 0.2) is 0 Å². The van der Waals surface area contributed by atoms with Gasteiger partial charge in [-0.05, 0) is 30.2 Å². The van der Waals surface area contributed by atoms with Crippen molar-refractivity contribution >= 4 is 17.2 Å². The average molecular weight is 173 g/mol. The largest absolute Gasteiger partial charge is 0.361 e. The fourth-order valence-electron chi connectivity index (χ4n) is 1.53. The van der Waals surface area contributed by atoms with Gasteiger partial charge >= 0.3 is 0 Å². The summed E-state index contributed by atoms with van der Waals surface area (Å²) in [5.41, 5.74) is 3.43. The molecule has 0 atom stereocenters. The predicted octanol–water partition coefficient (Wildman–Crippen LogP) is 2.22. The number of carbonyl (C=O) groups excluding carboxylic acids is 1. The number of aromatic amines is 1. The Morgan fingerprint density at radius 1 is 1.46 bits per heavy atom. The van der Waals surface area contributed by atoms with Gasteiger partial charge in [-0.3, -0.25) is 0 Å². The molecular weight excluding hydrogens is 162 g/mol. The number of hydrogen-bond donors (Lipinski definition) is 1. The number of nitrogens with one attached hydrogen (secondary N) is 1. The second-order valence-corrected chi connectivity index (χ2v) is 3.22. The number of aryl methyl sites for hydroxylation is 1. The normalized spacial score (nSPS) is 10.5. The van der Waals surface area contributed by atoms with Gasteiger partial charge in [-0.25, -0.2) is 0 Å². The molecule has 1 aromatic carbocycles. The molecule has 0 radical (unpaired) electrons. The molecule has 0 aliphatic heterocycles. The average Bonchev–Trinajstić information content (AvgIpc) is 2.49. The summed E-state index contributed by atoms with van der Waals surface area (Å²) in [6.07, 6.45) is 3.42. The van der Waals surface area contributed by atoms with Crippen molar-refractivity contribution in [1.82, 2.24) is 4.98 Å². The van der Waals surface area contributed by atoms with E-state index in [2.05, 4.69) is 18.0 Å². The van der Waals surface area contributed by atoms with Crippen LogP contribution in [0.1, 0.15) is 11.1 Å². The first-order valence-electron chi connectivity index (χ1n) is 4.31. The molecule has 0 fully saturated rings. The summed E-state index contributed by atoms with van der Waals surface area (Å²) in [6.45, 7) is 2.06. The van der Waals surface area contributed by atoms with Gasteiger partial charge in [-0.15, -0.1) is 0 Å². The molecule has 0 spiro atoms. The zero-order valence-electron chi connectivity index (χ0n) is 7.50. The fraction of sp³-hybridized carbons (Fsp3) is 0.182. The molecule has 13 heavy (non-hydrogen) atoms. The Morgan fingerprint density at radius 3 is 3.08 bits per heavy atom. The molecule has 1 heterocycles. The molecule has 1 aromatic heterocycles. The third-order valence-electron chi connectivity index (χ3n) is 2.27. The standard InChI is InChI=1S/C11H11NO/c1-8-7-12-11-3-2-9(4-5-13)6-10(8)11/h2-3,5-7,12H,4H2,1H3. The summed E-state index contributed by atoms with van der Waals surface area (Å²) >= 11 is 0. The van der Waals surface area contributed by atoms with Gasteiger partial charge in [0.05, 0.1) is 0 Å². The summed E-state index contributed by atoms with van der Waals surface area (Å²) in [7, 11) is 0. The topological polar surface area (TPSA) is 32.9 Å². The molecule has 2 heteroatoms. The van der Waals surface area contributed by atoms with E-state index in [4.69, 9.17) is 0 Å². The van der Waals surface area contributed by atoms with Crippen molar-refractivity contribution in [3.8, 4) is 0 Å².